The second-order valence-corrected chi connectivity index (χ2v) is 1.82. The van der Waals surface area contributed by atoms with E-state index in [-0.39, 0.29) is 11.5 Å². The Balaban J connectivity index is 3.10. The van der Waals surface area contributed by atoms with Crippen LogP contribution >= 0.6 is 0 Å². The number of rotatable bonds is 3. The first-order valence-electron chi connectivity index (χ1n) is 3.49. The number of aldehydes is 1. The normalized spacial score (nSPS) is 11.2. The quantitative estimate of drug-likeness (QED) is 0.484. The zero-order valence-corrected chi connectivity index (χ0v) is 5.03. The van der Waals surface area contributed by atoms with Crippen LogP contribution in [-0.4, -0.2) is 19.4 Å². The summed E-state index contributed by atoms with van der Waals surface area (Å²) in [6.07, 6.45) is 0.621. The Hall–Kier alpha value is -1.51. The molecule has 0 unspecified atom stereocenters. The summed E-state index contributed by atoms with van der Waals surface area (Å²) in [6, 6.07) is 4.18. The number of phenolic OH excluding ortho intramolecular Hbond substituents is 2. The predicted octanol–water partition coefficient (Wildman–Crippen LogP) is 0.910. The molecular weight excluding hydrogens is 132 g/mol. The number of aromatic hydroxyl groups is 2. The molecule has 0 saturated heterocycles. The maximum absolute atomic E-state index is 10.3. The maximum Gasteiger partial charge on any atom is 0.293 e. The molecule has 0 saturated carbocycles. The van der Waals surface area contributed by atoms with Gasteiger partial charge in [-0.2, -0.15) is 0 Å². The SMILES string of the molecule is [2H]Oc1ccc(C=O)cc1O[2H]. The Labute approximate surface area is 60.5 Å². The molecule has 0 aromatic heterocycles. The third-order valence-corrected chi connectivity index (χ3v) is 1.10. The molecule has 0 aliphatic heterocycles. The third-order valence-electron chi connectivity index (χ3n) is 1.10. The van der Waals surface area contributed by atoms with E-state index in [9.17, 15) is 4.79 Å². The fourth-order valence-electron chi connectivity index (χ4n) is 0.598. The molecule has 0 radical (unpaired) electrons. The predicted molar refractivity (Wildman–Crippen MR) is 35.2 cm³/mol. The first-order valence-corrected chi connectivity index (χ1v) is 2.67. The average molecular weight is 140 g/mol. The van der Waals surface area contributed by atoms with Crippen molar-refractivity contribution in [1.29, 1.82) is 2.86 Å². The monoisotopic (exact) mass is 140 g/mol. The molecule has 1 rings (SSSR count). The van der Waals surface area contributed by atoms with Gasteiger partial charge in [-0.15, -0.1) is 0 Å². The van der Waals surface area contributed by atoms with E-state index in [4.69, 9.17) is 2.86 Å². The smallest absolute Gasteiger partial charge is 0.293 e. The van der Waals surface area contributed by atoms with Crippen molar-refractivity contribution in [3.05, 3.63) is 23.8 Å². The Kier molecular flexibility index (Phi) is 1.03. The van der Waals surface area contributed by atoms with Crippen LogP contribution < -0.4 is 0 Å². The van der Waals surface area contributed by atoms with Crippen molar-refractivity contribution in [1.82, 2.24) is 0 Å². The Morgan fingerprint density at radius 2 is 2.20 bits per heavy atom. The van der Waals surface area contributed by atoms with Gasteiger partial charge in [0, 0.05) is 5.56 Å². The summed E-state index contributed by atoms with van der Waals surface area (Å²) in [6.45, 7) is 0. The Morgan fingerprint density at radius 3 is 2.80 bits per heavy atom. The van der Waals surface area contributed by atoms with Gasteiger partial charge in [-0.25, -0.2) is 0 Å². The zero-order valence-electron chi connectivity index (χ0n) is 7.03. The zero-order chi connectivity index (χ0) is 8.97. The first-order chi connectivity index (χ1) is 5.81. The van der Waals surface area contributed by atoms with Crippen molar-refractivity contribution in [3.8, 4) is 11.5 Å². The van der Waals surface area contributed by atoms with Crippen molar-refractivity contribution >= 4 is 6.29 Å². The van der Waals surface area contributed by atoms with E-state index in [1.165, 1.54) is 18.2 Å². The molecule has 1 aromatic rings. The minimum atomic E-state index is 0.0506. The lowest BCUT2D eigenvalue weighted by Gasteiger charge is -1.95. The molecule has 0 amide bonds. The van der Waals surface area contributed by atoms with Gasteiger partial charge in [-0.05, 0) is 18.2 Å². The summed E-state index contributed by atoms with van der Waals surface area (Å²) in [5.41, 5.74) is 0.373. The van der Waals surface area contributed by atoms with Crippen molar-refractivity contribution < 1.29 is 15.0 Å². The second-order valence-electron chi connectivity index (χ2n) is 1.82. The van der Waals surface area contributed by atoms with Crippen LogP contribution in [0.25, 0.3) is 0 Å². The third kappa shape index (κ3) is 1.07. The molecular formula is C7H6O3. The minimum absolute atomic E-state index is 0.0506. The van der Waals surface area contributed by atoms with Crippen LogP contribution in [0.5, 0.6) is 11.5 Å². The molecule has 3 heteroatoms. The van der Waals surface area contributed by atoms with Crippen LogP contribution in [0, 0.1) is 0 Å². The summed E-state index contributed by atoms with van der Waals surface area (Å²) in [7, 11) is 0. The topological polar surface area (TPSA) is 57.5 Å². The molecule has 3 nitrogen and oxygen atoms in total. The molecule has 52 valence electrons. The highest BCUT2D eigenvalue weighted by atomic mass is 16.3. The Bertz CT molecular complexity index is 288. The number of hydrogen-bond acceptors (Lipinski definition) is 3. The highest BCUT2D eigenvalue weighted by Crippen LogP contribution is 2.23. The minimum Gasteiger partial charge on any atom is -0.504 e. The van der Waals surface area contributed by atoms with Crippen LogP contribution in [0.15, 0.2) is 18.2 Å². The van der Waals surface area contributed by atoms with Crippen LogP contribution in [0.1, 0.15) is 10.4 Å². The molecule has 0 atom stereocenters. The standard InChI is InChI=1S/C7H6O3/c8-4-5-1-2-6(9)7(10)3-5/h1-4,9-10H/i/hD2. The molecule has 10 heavy (non-hydrogen) atoms. The van der Waals surface area contributed by atoms with Gasteiger partial charge in [0.2, 0.25) is 0 Å². The van der Waals surface area contributed by atoms with E-state index in [2.05, 4.69) is 10.2 Å². The van der Waals surface area contributed by atoms with Gasteiger partial charge in [0.1, 0.15) is 6.29 Å². The average Bonchev–Trinajstić information content (AvgIpc) is 2.16. The number of hydrogen-bond donors (Lipinski definition) is 2. The van der Waals surface area contributed by atoms with Gasteiger partial charge >= 0.3 is 0 Å². The van der Waals surface area contributed by atoms with Crippen LogP contribution in [0.3, 0.4) is 0 Å². The van der Waals surface area contributed by atoms with E-state index >= 15 is 0 Å². The molecule has 1 aromatic carbocycles. The number of phenols is 2. The van der Waals surface area contributed by atoms with Crippen LogP contribution in [0.4, 0.5) is 0 Å². The highest BCUT2D eigenvalue weighted by molar-refractivity contribution is 5.76. The van der Waals surface area contributed by atoms with Gasteiger partial charge < -0.3 is 10.2 Å². The number of carbonyl (C=O) groups excluding carboxylic acids is 1. The van der Waals surface area contributed by atoms with E-state index in [0.717, 1.165) is 0 Å². The van der Waals surface area contributed by atoms with Gasteiger partial charge in [0.05, 0.1) is 0 Å². The van der Waals surface area contributed by atoms with Crippen LogP contribution in [-0.2, 0) is 0 Å². The summed E-state index contributed by atoms with van der Waals surface area (Å²) >= 11 is 0. The largest absolute Gasteiger partial charge is 0.504 e. The van der Waals surface area contributed by atoms with Crippen molar-refractivity contribution in [2.75, 3.05) is 0 Å². The summed E-state index contributed by atoms with van der Waals surface area (Å²) in [4.78, 5) is 10.3. The molecule has 0 aliphatic rings. The molecule has 0 bridgehead atoms. The summed E-state index contributed by atoms with van der Waals surface area (Å²) < 4.78 is 13.1. The highest BCUT2D eigenvalue weighted by Gasteiger charge is 1.97. The fraction of sp³-hybridized carbons (Fsp3) is 0. The van der Waals surface area contributed by atoms with Gasteiger partial charge in [-0.3, -0.25) is 4.79 Å². The molecule has 0 spiro atoms. The lowest BCUT2D eigenvalue weighted by atomic mass is 10.2. The Morgan fingerprint density at radius 1 is 1.40 bits per heavy atom. The first kappa shape index (κ1) is 4.33. The van der Waals surface area contributed by atoms with Gasteiger partial charge in [0.15, 0.2) is 11.5 Å². The fourth-order valence-corrected chi connectivity index (χ4v) is 0.598. The molecule has 0 fully saturated rings. The molecule has 2 N–H and O–H groups in total. The molecule has 0 heterocycles. The van der Waals surface area contributed by atoms with Crippen LogP contribution in [0.2, 0.25) is 0 Å². The maximum atomic E-state index is 10.3. The van der Waals surface area contributed by atoms with E-state index in [0.29, 0.717) is 11.8 Å². The second kappa shape index (κ2) is 2.39. The van der Waals surface area contributed by atoms with E-state index in [1.54, 1.807) is 0 Å². The van der Waals surface area contributed by atoms with E-state index in [1.807, 2.05) is 0 Å². The van der Waals surface area contributed by atoms with Crippen molar-refractivity contribution in [3.63, 3.8) is 0 Å². The van der Waals surface area contributed by atoms with Gasteiger partial charge in [-0.1, -0.05) is 0 Å². The lowest BCUT2D eigenvalue weighted by Crippen LogP contribution is -1.77. The lowest BCUT2D eigenvalue weighted by molar-refractivity contribution is 0.112. The number of carbonyl (C=O) groups is 1. The molecule has 0 aliphatic carbocycles. The summed E-state index contributed by atoms with van der Waals surface area (Å²) in [5.74, 6) is 0.158. The van der Waals surface area contributed by atoms with Crippen molar-refractivity contribution in [2.45, 2.75) is 0 Å². The van der Waals surface area contributed by atoms with E-state index < -0.39 is 0 Å². The summed E-state index contributed by atoms with van der Waals surface area (Å²) in [5, 5.41) is 8.25. The van der Waals surface area contributed by atoms with Crippen molar-refractivity contribution in [2.24, 2.45) is 0 Å². The van der Waals surface area contributed by atoms with Gasteiger partial charge in [0.25, 0.3) is 2.86 Å². The number of benzene rings is 1.